The highest BCUT2D eigenvalue weighted by Crippen LogP contribution is 2.45. The molecule has 5 atom stereocenters. The Morgan fingerprint density at radius 3 is 2.58 bits per heavy atom. The number of anilines is 1. The summed E-state index contributed by atoms with van der Waals surface area (Å²) in [6.07, 6.45) is -2.14. The zero-order valence-corrected chi connectivity index (χ0v) is 23.8. The molecule has 0 amide bonds. The van der Waals surface area contributed by atoms with Crippen molar-refractivity contribution >= 4 is 45.9 Å². The third-order valence-corrected chi connectivity index (χ3v) is 10.4. The predicted molar refractivity (Wildman–Crippen MR) is 139 cm³/mol. The average Bonchev–Trinajstić information content (AvgIpc) is 3.43. The number of sulfone groups is 1. The molecule has 2 fully saturated rings. The number of ether oxygens (including phenoxy) is 3. The highest BCUT2D eigenvalue weighted by molar-refractivity contribution is 7.97. The van der Waals surface area contributed by atoms with Gasteiger partial charge in [-0.15, -0.1) is 0 Å². The van der Waals surface area contributed by atoms with E-state index in [1.54, 1.807) is 37.6 Å². The third kappa shape index (κ3) is 6.02. The zero-order valence-electron chi connectivity index (χ0n) is 21.4. The number of hydrogen-bond acceptors (Lipinski definition) is 9. The first kappa shape index (κ1) is 29.3. The van der Waals surface area contributed by atoms with Crippen LogP contribution in [0.3, 0.4) is 0 Å². The van der Waals surface area contributed by atoms with Crippen LogP contribution in [0.2, 0.25) is 5.28 Å². The monoisotopic (exact) mass is 622 g/mol. The number of nitrogens with zero attached hydrogens (tertiary/aromatic N) is 3. The molecule has 2 aromatic heterocycles. The number of hydrogen-bond donors (Lipinski definition) is 3. The molecule has 0 spiro atoms. The Kier molecular flexibility index (Phi) is 7.50. The van der Waals surface area contributed by atoms with E-state index in [-0.39, 0.29) is 22.3 Å². The molecule has 5 rings (SSSR count). The molecule has 2 aliphatic heterocycles. The van der Waals surface area contributed by atoms with Gasteiger partial charge >= 0.3 is 7.60 Å². The van der Waals surface area contributed by atoms with Crippen LogP contribution in [-0.4, -0.2) is 68.1 Å². The molecular formula is C23H26ClF2N4O8PS. The van der Waals surface area contributed by atoms with Crippen LogP contribution >= 0.6 is 19.2 Å². The van der Waals surface area contributed by atoms with Crippen molar-refractivity contribution in [3.63, 3.8) is 0 Å². The van der Waals surface area contributed by atoms with E-state index in [0.29, 0.717) is 5.39 Å². The van der Waals surface area contributed by atoms with E-state index in [2.05, 4.69) is 15.3 Å². The first-order chi connectivity index (χ1) is 18.5. The van der Waals surface area contributed by atoms with Gasteiger partial charge in [-0.1, -0.05) is 6.07 Å². The second kappa shape index (κ2) is 10.2. The summed E-state index contributed by atoms with van der Waals surface area (Å²) in [6.45, 7) is 4.96. The highest BCUT2D eigenvalue weighted by atomic mass is 35.5. The minimum atomic E-state index is -4.85. The Labute approximate surface area is 232 Å². The molecule has 3 N–H and O–H groups in total. The molecule has 12 nitrogen and oxygen atoms in total. The molecule has 0 saturated carbocycles. The Morgan fingerprint density at radius 2 is 1.90 bits per heavy atom. The first-order valence-electron chi connectivity index (χ1n) is 12.0. The van der Waals surface area contributed by atoms with Crippen LogP contribution in [0.4, 0.5) is 14.6 Å². The lowest BCUT2D eigenvalue weighted by Crippen LogP contribution is -2.35. The van der Waals surface area contributed by atoms with Gasteiger partial charge in [-0.3, -0.25) is 4.57 Å². The maximum absolute atomic E-state index is 14.4. The van der Waals surface area contributed by atoms with Crippen molar-refractivity contribution in [2.24, 2.45) is 0 Å². The quantitative estimate of drug-likeness (QED) is 0.249. The lowest BCUT2D eigenvalue weighted by Gasteiger charge is -2.25. The lowest BCUT2D eigenvalue weighted by atomic mass is 10.1. The lowest BCUT2D eigenvalue weighted by molar-refractivity contribution is -0.193. The van der Waals surface area contributed by atoms with Crippen molar-refractivity contribution in [3.8, 4) is 0 Å². The summed E-state index contributed by atoms with van der Waals surface area (Å²) < 4.78 is 83.7. The van der Waals surface area contributed by atoms with Crippen molar-refractivity contribution in [1.82, 2.24) is 14.5 Å². The number of rotatable bonds is 8. The van der Waals surface area contributed by atoms with Crippen LogP contribution < -0.4 is 5.32 Å². The van der Waals surface area contributed by atoms with E-state index in [0.717, 1.165) is 12.1 Å². The summed E-state index contributed by atoms with van der Waals surface area (Å²) in [5, 5.41) is 3.38. The molecule has 1 aromatic carbocycles. The summed E-state index contributed by atoms with van der Waals surface area (Å²) in [5.41, 5.74) is -0.850. The van der Waals surface area contributed by atoms with Crippen LogP contribution in [0, 0.1) is 11.6 Å². The van der Waals surface area contributed by atoms with Crippen molar-refractivity contribution in [1.29, 1.82) is 0 Å². The van der Waals surface area contributed by atoms with Crippen LogP contribution in [0.1, 0.15) is 38.6 Å². The van der Waals surface area contributed by atoms with Crippen molar-refractivity contribution in [3.05, 3.63) is 52.9 Å². The van der Waals surface area contributed by atoms with E-state index in [1.807, 2.05) is 0 Å². The van der Waals surface area contributed by atoms with Gasteiger partial charge in [-0.2, -0.15) is 4.98 Å². The molecule has 3 aromatic rings. The molecule has 218 valence electrons. The zero-order chi connectivity index (χ0) is 29.2. The van der Waals surface area contributed by atoms with Gasteiger partial charge in [0.2, 0.25) is 5.28 Å². The molecule has 2 saturated heterocycles. The minimum absolute atomic E-state index is 0.152. The molecule has 0 unspecified atom stereocenters. The Bertz CT molecular complexity index is 1620. The summed E-state index contributed by atoms with van der Waals surface area (Å²) in [5.74, 6) is -3.00. The highest BCUT2D eigenvalue weighted by Gasteiger charge is 2.57. The average molecular weight is 623 g/mol. The van der Waals surface area contributed by atoms with Crippen LogP contribution in [-0.2, 0) is 28.6 Å². The van der Waals surface area contributed by atoms with E-state index in [9.17, 15) is 31.6 Å². The summed E-state index contributed by atoms with van der Waals surface area (Å²) in [6, 6.07) is 4.26. The molecule has 4 heterocycles. The SMILES string of the molecule is C[C@@H](Nc1nc(Cl)nc2c1ccn2[C@@H]1O[C@H](CS(=O)(=O)CP(=O)(O)O)[C@H]2OC(C)(C)O[C@H]21)c1ccc(F)cc1F. The van der Waals surface area contributed by atoms with Crippen molar-refractivity contribution in [2.45, 2.75) is 57.1 Å². The first-order valence-corrected chi connectivity index (χ1v) is 16.0. The fourth-order valence-corrected chi connectivity index (χ4v) is 8.44. The Hall–Kier alpha value is -2.23. The number of benzene rings is 1. The van der Waals surface area contributed by atoms with Crippen LogP contribution in [0.25, 0.3) is 11.0 Å². The van der Waals surface area contributed by atoms with Gasteiger partial charge in [0.05, 0.1) is 17.2 Å². The minimum Gasteiger partial charge on any atom is -0.363 e. The molecule has 0 radical (unpaired) electrons. The van der Waals surface area contributed by atoms with Crippen molar-refractivity contribution < 1.29 is 45.8 Å². The number of fused-ring (bicyclic) bond motifs is 2. The Balaban J connectivity index is 1.47. The molecular weight excluding hydrogens is 597 g/mol. The standard InChI is InChI=1S/C23H26ClF2N4O8PS/c1-11(13-5-4-12(25)8-15(13)26)27-19-14-6-7-30(20(14)29-22(24)28-19)21-18-17(37-23(2,3)38-18)16(36-21)9-40(34,35)10-39(31,32)33/h4-8,11,16-18,21H,9-10H2,1-3H3,(H,27,28,29)(H2,31,32,33)/t11-,16-,17-,18-,21-/m1/s1. The molecule has 0 aliphatic carbocycles. The molecule has 0 bridgehead atoms. The number of aromatic nitrogens is 3. The maximum atomic E-state index is 14.4. The van der Waals surface area contributed by atoms with Gasteiger partial charge in [0, 0.05) is 17.8 Å². The largest absolute Gasteiger partial charge is 0.363 e. The summed E-state index contributed by atoms with van der Waals surface area (Å²) in [7, 11) is -9.08. The fraction of sp³-hybridized carbons (Fsp3) is 0.478. The normalized spacial score (nSPS) is 25.3. The van der Waals surface area contributed by atoms with Gasteiger partial charge in [0.1, 0.15) is 41.4 Å². The number of nitrogens with one attached hydrogen (secondary N) is 1. The number of halogens is 3. The topological polar surface area (TPSA) is 162 Å². The van der Waals surface area contributed by atoms with E-state index < -0.39 is 76.7 Å². The summed E-state index contributed by atoms with van der Waals surface area (Å²) in [4.78, 5) is 26.9. The molecule has 17 heteroatoms. The van der Waals surface area contributed by atoms with E-state index in [4.69, 9.17) is 25.8 Å². The second-order valence-corrected chi connectivity index (χ2v) is 14.7. The van der Waals surface area contributed by atoms with Gasteiger partial charge in [0.25, 0.3) is 0 Å². The van der Waals surface area contributed by atoms with E-state index >= 15 is 0 Å². The van der Waals surface area contributed by atoms with Crippen molar-refractivity contribution in [2.75, 3.05) is 16.6 Å². The van der Waals surface area contributed by atoms with E-state index in [1.165, 1.54) is 6.07 Å². The Morgan fingerprint density at radius 1 is 1.20 bits per heavy atom. The third-order valence-electron chi connectivity index (χ3n) is 6.51. The van der Waals surface area contributed by atoms with Gasteiger partial charge in [-0.25, -0.2) is 22.2 Å². The molecule has 2 aliphatic rings. The van der Waals surface area contributed by atoms with Crippen LogP contribution in [0.15, 0.2) is 30.5 Å². The smallest absolute Gasteiger partial charge is 0.340 e. The molecule has 40 heavy (non-hydrogen) atoms. The predicted octanol–water partition coefficient (Wildman–Crippen LogP) is 3.50. The summed E-state index contributed by atoms with van der Waals surface area (Å²) >= 11 is 6.23. The second-order valence-electron chi connectivity index (χ2n) is 10.2. The maximum Gasteiger partial charge on any atom is 0.340 e. The fourth-order valence-electron chi connectivity index (χ4n) is 5.03. The van der Waals surface area contributed by atoms with Gasteiger partial charge < -0.3 is 33.9 Å². The van der Waals surface area contributed by atoms with Gasteiger partial charge in [-0.05, 0) is 44.5 Å². The van der Waals surface area contributed by atoms with Crippen LogP contribution in [0.5, 0.6) is 0 Å². The van der Waals surface area contributed by atoms with Gasteiger partial charge in [0.15, 0.2) is 27.3 Å².